The van der Waals surface area contributed by atoms with Crippen molar-refractivity contribution in [1.82, 2.24) is 10.3 Å². The van der Waals surface area contributed by atoms with E-state index in [-0.39, 0.29) is 12.5 Å². The fraction of sp³-hybridized carbons (Fsp3) is 0.278. The second kappa shape index (κ2) is 8.68. The minimum absolute atomic E-state index is 0.0270. The number of carbonyl (C=O) groups excluding carboxylic acids is 1. The number of carboxylic acid groups (broad SMARTS) is 1. The van der Waals surface area contributed by atoms with Gasteiger partial charge >= 0.3 is 12.0 Å². The Labute approximate surface area is 146 Å². The molecule has 25 heavy (non-hydrogen) atoms. The van der Waals surface area contributed by atoms with Crippen LogP contribution in [-0.2, 0) is 4.79 Å². The summed E-state index contributed by atoms with van der Waals surface area (Å²) in [6, 6.07) is 9.05. The SMILES string of the molecule is COc1ccc(-c2ccc(C)c(NC(=O)NCCCC(=O)O)c2)cn1. The third-order valence-corrected chi connectivity index (χ3v) is 3.62. The normalized spacial score (nSPS) is 10.2. The molecule has 0 radical (unpaired) electrons. The molecule has 1 aromatic carbocycles. The van der Waals surface area contributed by atoms with E-state index in [9.17, 15) is 9.59 Å². The number of hydrogen-bond acceptors (Lipinski definition) is 4. The number of methoxy groups -OCH3 is 1. The molecule has 2 rings (SSSR count). The van der Waals surface area contributed by atoms with E-state index in [1.165, 1.54) is 0 Å². The van der Waals surface area contributed by atoms with Crippen molar-refractivity contribution < 1.29 is 19.4 Å². The van der Waals surface area contributed by atoms with E-state index in [2.05, 4.69) is 15.6 Å². The van der Waals surface area contributed by atoms with E-state index >= 15 is 0 Å². The zero-order chi connectivity index (χ0) is 18.2. The highest BCUT2D eigenvalue weighted by Gasteiger charge is 2.07. The topological polar surface area (TPSA) is 101 Å². The predicted molar refractivity (Wildman–Crippen MR) is 94.9 cm³/mol. The number of aliphatic carboxylic acids is 1. The quantitative estimate of drug-likeness (QED) is 0.671. The number of aromatic nitrogens is 1. The summed E-state index contributed by atoms with van der Waals surface area (Å²) in [7, 11) is 1.56. The Bertz CT molecular complexity index is 744. The van der Waals surface area contributed by atoms with Crippen LogP contribution >= 0.6 is 0 Å². The van der Waals surface area contributed by atoms with Crippen molar-refractivity contribution in [3.8, 4) is 17.0 Å². The Hall–Kier alpha value is -3.09. The van der Waals surface area contributed by atoms with Crippen molar-refractivity contribution in [2.45, 2.75) is 19.8 Å². The Morgan fingerprint density at radius 1 is 1.20 bits per heavy atom. The molecule has 0 saturated heterocycles. The minimum Gasteiger partial charge on any atom is -0.481 e. The van der Waals surface area contributed by atoms with Crippen molar-refractivity contribution in [3.05, 3.63) is 42.1 Å². The molecule has 3 N–H and O–H groups in total. The lowest BCUT2D eigenvalue weighted by atomic mass is 10.0. The van der Waals surface area contributed by atoms with Crippen molar-refractivity contribution in [2.24, 2.45) is 0 Å². The van der Waals surface area contributed by atoms with Gasteiger partial charge in [-0.25, -0.2) is 9.78 Å². The van der Waals surface area contributed by atoms with E-state index in [1.807, 2.05) is 31.2 Å². The van der Waals surface area contributed by atoms with Crippen LogP contribution in [0.2, 0.25) is 0 Å². The van der Waals surface area contributed by atoms with E-state index in [0.717, 1.165) is 16.7 Å². The number of amides is 2. The molecule has 0 aliphatic heterocycles. The molecule has 0 aliphatic carbocycles. The van der Waals surface area contributed by atoms with E-state index in [0.29, 0.717) is 24.5 Å². The maximum absolute atomic E-state index is 11.9. The molecule has 132 valence electrons. The number of nitrogens with one attached hydrogen (secondary N) is 2. The van der Waals surface area contributed by atoms with E-state index in [1.54, 1.807) is 19.4 Å². The van der Waals surface area contributed by atoms with Gasteiger partial charge in [-0.1, -0.05) is 12.1 Å². The summed E-state index contributed by atoms with van der Waals surface area (Å²) in [6.45, 7) is 2.20. The summed E-state index contributed by atoms with van der Waals surface area (Å²) in [5.41, 5.74) is 3.43. The van der Waals surface area contributed by atoms with Crippen molar-refractivity contribution in [2.75, 3.05) is 19.0 Å². The van der Waals surface area contributed by atoms with Crippen LogP contribution in [0.5, 0.6) is 5.88 Å². The molecule has 2 aromatic rings. The monoisotopic (exact) mass is 343 g/mol. The zero-order valence-electron chi connectivity index (χ0n) is 14.2. The molecular weight excluding hydrogens is 322 g/mol. The molecule has 0 saturated carbocycles. The number of carbonyl (C=O) groups is 2. The Balaban J connectivity index is 2.02. The maximum Gasteiger partial charge on any atom is 0.319 e. The smallest absolute Gasteiger partial charge is 0.319 e. The van der Waals surface area contributed by atoms with Crippen LogP contribution in [0.4, 0.5) is 10.5 Å². The third-order valence-electron chi connectivity index (χ3n) is 3.62. The second-order valence-corrected chi connectivity index (χ2v) is 5.50. The van der Waals surface area contributed by atoms with Crippen LogP contribution in [0.1, 0.15) is 18.4 Å². The number of urea groups is 1. The highest BCUT2D eigenvalue weighted by atomic mass is 16.5. The number of benzene rings is 1. The number of ether oxygens (including phenoxy) is 1. The van der Waals surface area contributed by atoms with Crippen LogP contribution in [0, 0.1) is 6.92 Å². The van der Waals surface area contributed by atoms with Gasteiger partial charge in [-0.2, -0.15) is 0 Å². The van der Waals surface area contributed by atoms with Gasteiger partial charge in [0.1, 0.15) is 0 Å². The molecule has 1 heterocycles. The van der Waals surface area contributed by atoms with Gasteiger partial charge in [-0.05, 0) is 36.6 Å². The van der Waals surface area contributed by atoms with Gasteiger partial charge in [0.05, 0.1) is 7.11 Å². The first-order chi connectivity index (χ1) is 12.0. The molecule has 1 aromatic heterocycles. The second-order valence-electron chi connectivity index (χ2n) is 5.50. The first kappa shape index (κ1) is 18.3. The van der Waals surface area contributed by atoms with Gasteiger partial charge in [0.2, 0.25) is 5.88 Å². The maximum atomic E-state index is 11.9. The molecule has 0 unspecified atom stereocenters. The number of rotatable bonds is 7. The number of aryl methyl sites for hydroxylation is 1. The summed E-state index contributed by atoms with van der Waals surface area (Å²) in [4.78, 5) is 26.6. The molecule has 7 nitrogen and oxygen atoms in total. The number of carboxylic acids is 1. The van der Waals surface area contributed by atoms with Crippen molar-refractivity contribution in [3.63, 3.8) is 0 Å². The van der Waals surface area contributed by atoms with Crippen LogP contribution < -0.4 is 15.4 Å². The fourth-order valence-corrected chi connectivity index (χ4v) is 2.22. The Kier molecular flexibility index (Phi) is 6.33. The van der Waals surface area contributed by atoms with Crippen molar-refractivity contribution in [1.29, 1.82) is 0 Å². The number of nitrogens with zero attached hydrogens (tertiary/aromatic N) is 1. The predicted octanol–water partition coefficient (Wildman–Crippen LogP) is 3.05. The average molecular weight is 343 g/mol. The average Bonchev–Trinajstić information content (AvgIpc) is 2.60. The fourth-order valence-electron chi connectivity index (χ4n) is 2.22. The molecular formula is C18H21N3O4. The van der Waals surface area contributed by atoms with Crippen molar-refractivity contribution >= 4 is 17.7 Å². The van der Waals surface area contributed by atoms with Gasteiger partial charge in [0.25, 0.3) is 0 Å². The summed E-state index contributed by atoms with van der Waals surface area (Å²) in [5.74, 6) is -0.339. The molecule has 0 bridgehead atoms. The summed E-state index contributed by atoms with van der Waals surface area (Å²) < 4.78 is 5.05. The summed E-state index contributed by atoms with van der Waals surface area (Å²) >= 11 is 0. The van der Waals surface area contributed by atoms with Crippen LogP contribution in [0.25, 0.3) is 11.1 Å². The molecule has 0 fully saturated rings. The first-order valence-corrected chi connectivity index (χ1v) is 7.87. The summed E-state index contributed by atoms with van der Waals surface area (Å²) in [5, 5.41) is 14.0. The van der Waals surface area contributed by atoms with Gasteiger partial charge in [-0.15, -0.1) is 0 Å². The van der Waals surface area contributed by atoms with Crippen LogP contribution in [-0.4, -0.2) is 35.7 Å². The largest absolute Gasteiger partial charge is 0.481 e. The van der Waals surface area contributed by atoms with E-state index < -0.39 is 5.97 Å². The van der Waals surface area contributed by atoms with Crippen LogP contribution in [0.3, 0.4) is 0 Å². The Morgan fingerprint density at radius 2 is 1.96 bits per heavy atom. The molecule has 0 spiro atoms. The van der Waals surface area contributed by atoms with Gasteiger partial charge in [0.15, 0.2) is 0 Å². The van der Waals surface area contributed by atoms with Crippen LogP contribution in [0.15, 0.2) is 36.5 Å². The highest BCUT2D eigenvalue weighted by Crippen LogP contribution is 2.25. The number of pyridine rings is 1. The molecule has 0 atom stereocenters. The lowest BCUT2D eigenvalue weighted by Crippen LogP contribution is -2.30. The Morgan fingerprint density at radius 3 is 2.60 bits per heavy atom. The lowest BCUT2D eigenvalue weighted by molar-refractivity contribution is -0.137. The number of anilines is 1. The molecule has 7 heteroatoms. The van der Waals surface area contributed by atoms with E-state index in [4.69, 9.17) is 9.84 Å². The standard InChI is InChI=1S/C18H21N3O4/c1-12-5-6-13(14-7-8-16(25-2)20-11-14)10-15(12)21-18(24)19-9-3-4-17(22)23/h5-8,10-11H,3-4,9H2,1-2H3,(H,22,23)(H2,19,21,24). The van der Waals surface area contributed by atoms with Gasteiger partial charge < -0.3 is 20.5 Å². The molecule has 2 amide bonds. The summed E-state index contributed by atoms with van der Waals surface area (Å²) in [6.07, 6.45) is 2.12. The van der Waals surface area contributed by atoms with Gasteiger partial charge in [0, 0.05) is 36.5 Å². The number of hydrogen-bond donors (Lipinski definition) is 3. The minimum atomic E-state index is -0.876. The lowest BCUT2D eigenvalue weighted by Gasteiger charge is -2.12. The third kappa shape index (κ3) is 5.49. The first-order valence-electron chi connectivity index (χ1n) is 7.87. The van der Waals surface area contributed by atoms with Gasteiger partial charge in [-0.3, -0.25) is 4.79 Å². The highest BCUT2D eigenvalue weighted by molar-refractivity contribution is 5.91. The zero-order valence-corrected chi connectivity index (χ0v) is 14.2. The molecule has 0 aliphatic rings.